The molecule has 0 spiro atoms. The molecule has 1 aliphatic rings. The first-order chi connectivity index (χ1) is 9.65. The minimum atomic E-state index is -0.950. The maximum atomic E-state index is 9.15. The first-order valence-corrected chi connectivity index (χ1v) is 5.77. The van der Waals surface area contributed by atoms with Crippen LogP contribution in [0.4, 0.5) is 0 Å². The third-order valence-corrected chi connectivity index (χ3v) is 3.12. The van der Waals surface area contributed by atoms with Crippen LogP contribution in [0.5, 0.6) is 11.5 Å². The third-order valence-electron chi connectivity index (χ3n) is 3.12. The van der Waals surface area contributed by atoms with Crippen molar-refractivity contribution in [2.24, 2.45) is 11.7 Å². The number of nitrogens with two attached hydrogens (primary N) is 1. The molecule has 20 heavy (non-hydrogen) atoms. The summed E-state index contributed by atoms with van der Waals surface area (Å²) >= 11 is 0. The first-order valence-electron chi connectivity index (χ1n) is 5.77. The topological polar surface area (TPSA) is 92.1 Å². The predicted molar refractivity (Wildman–Crippen MR) is 71.1 cm³/mol. The Morgan fingerprint density at radius 2 is 2.10 bits per heavy atom. The largest absolute Gasteiger partial charge is 0.497 e. The molecule has 0 aliphatic carbocycles. The molecule has 1 aliphatic heterocycles. The maximum absolute atomic E-state index is 9.15. The van der Waals surface area contributed by atoms with Crippen molar-refractivity contribution >= 4 is 0 Å². The minimum absolute atomic E-state index is 0.0469. The molecule has 5 heteroatoms. The summed E-state index contributed by atoms with van der Waals surface area (Å²) in [5, 5.41) is 18.3. The van der Waals surface area contributed by atoms with Crippen molar-refractivity contribution in [1.82, 2.24) is 0 Å². The normalized spacial score (nSPS) is 16.4. The lowest BCUT2D eigenvalue weighted by Gasteiger charge is -2.27. The molecule has 2 rings (SSSR count). The molecule has 1 aromatic carbocycles. The van der Waals surface area contributed by atoms with E-state index in [4.69, 9.17) is 32.2 Å². The zero-order valence-corrected chi connectivity index (χ0v) is 10.8. The summed E-state index contributed by atoms with van der Waals surface area (Å²) in [7, 11) is 1.53. The highest BCUT2D eigenvalue weighted by molar-refractivity contribution is 5.55. The van der Waals surface area contributed by atoms with E-state index < -0.39 is 11.8 Å². The second kappa shape index (κ2) is 5.26. The van der Waals surface area contributed by atoms with Crippen LogP contribution in [0, 0.1) is 40.9 Å². The van der Waals surface area contributed by atoms with Gasteiger partial charge in [-0.25, -0.2) is 0 Å². The van der Waals surface area contributed by atoms with Gasteiger partial charge in [0, 0.05) is 5.56 Å². The maximum Gasteiger partial charge on any atom is 0.203 e. The Kier molecular flexibility index (Phi) is 3.51. The van der Waals surface area contributed by atoms with Gasteiger partial charge in [-0.1, -0.05) is 5.92 Å². The summed E-state index contributed by atoms with van der Waals surface area (Å²) in [5.74, 6) is 1.96. The highest BCUT2D eigenvalue weighted by atomic mass is 16.5. The van der Waals surface area contributed by atoms with Gasteiger partial charge in [0.05, 0.1) is 30.7 Å². The molecule has 2 N–H and O–H groups in total. The van der Waals surface area contributed by atoms with E-state index in [1.165, 1.54) is 7.11 Å². The highest BCUT2D eigenvalue weighted by Gasteiger charge is 2.35. The van der Waals surface area contributed by atoms with Gasteiger partial charge in [0.15, 0.2) is 0 Å². The Bertz CT molecular complexity index is 687. The van der Waals surface area contributed by atoms with Crippen LogP contribution in [-0.2, 0) is 0 Å². The third kappa shape index (κ3) is 2.00. The molecule has 0 saturated carbocycles. The molecule has 0 fully saturated rings. The Morgan fingerprint density at radius 3 is 2.65 bits per heavy atom. The summed E-state index contributed by atoms with van der Waals surface area (Å²) in [4.78, 5) is 0. The van der Waals surface area contributed by atoms with Crippen LogP contribution < -0.4 is 15.2 Å². The first kappa shape index (κ1) is 13.3. The summed E-state index contributed by atoms with van der Waals surface area (Å²) in [6.07, 6.45) is 5.44. The smallest absolute Gasteiger partial charge is 0.203 e. The van der Waals surface area contributed by atoms with Crippen LogP contribution in [0.1, 0.15) is 11.5 Å². The van der Waals surface area contributed by atoms with Crippen molar-refractivity contribution < 1.29 is 9.47 Å². The van der Waals surface area contributed by atoms with Gasteiger partial charge in [0.25, 0.3) is 0 Å². The van der Waals surface area contributed by atoms with Gasteiger partial charge in [0.2, 0.25) is 5.88 Å². The van der Waals surface area contributed by atoms with E-state index in [-0.39, 0.29) is 5.88 Å². The Balaban J connectivity index is 2.66. The average molecular weight is 265 g/mol. The summed E-state index contributed by atoms with van der Waals surface area (Å²) in [5.41, 5.74) is 6.71. The molecule has 1 aromatic rings. The van der Waals surface area contributed by atoms with Gasteiger partial charge in [-0.2, -0.15) is 10.5 Å². The van der Waals surface area contributed by atoms with Crippen molar-refractivity contribution in [2.75, 3.05) is 7.11 Å². The number of nitrogens with zero attached hydrogens (tertiary/aromatic N) is 2. The van der Waals surface area contributed by atoms with Crippen LogP contribution in [-0.4, -0.2) is 7.11 Å². The van der Waals surface area contributed by atoms with E-state index in [0.29, 0.717) is 22.6 Å². The molecule has 1 heterocycles. The Hall–Kier alpha value is -3.10. The fourth-order valence-corrected chi connectivity index (χ4v) is 2.16. The fraction of sp³-hybridized carbons (Fsp3) is 0.200. The number of methoxy groups -OCH3 is 1. The summed E-state index contributed by atoms with van der Waals surface area (Å²) in [6.45, 7) is 0. The van der Waals surface area contributed by atoms with Crippen LogP contribution in [0.15, 0.2) is 29.7 Å². The fourth-order valence-electron chi connectivity index (χ4n) is 2.16. The van der Waals surface area contributed by atoms with Crippen molar-refractivity contribution in [3.63, 3.8) is 0 Å². The van der Waals surface area contributed by atoms with E-state index in [0.717, 1.165) is 0 Å². The van der Waals surface area contributed by atoms with Crippen molar-refractivity contribution in [2.45, 2.75) is 5.92 Å². The lowest BCUT2D eigenvalue weighted by atomic mass is 9.80. The second-order valence-electron chi connectivity index (χ2n) is 4.14. The highest BCUT2D eigenvalue weighted by Crippen LogP contribution is 2.43. The number of nitriles is 2. The van der Waals surface area contributed by atoms with Gasteiger partial charge in [0.1, 0.15) is 17.4 Å². The second-order valence-corrected chi connectivity index (χ2v) is 4.14. The zero-order chi connectivity index (χ0) is 14.7. The minimum Gasteiger partial charge on any atom is -0.497 e. The number of benzene rings is 1. The lowest BCUT2D eigenvalue weighted by Crippen LogP contribution is -2.24. The van der Waals surface area contributed by atoms with Gasteiger partial charge in [-0.3, -0.25) is 0 Å². The van der Waals surface area contributed by atoms with Crippen LogP contribution in [0.25, 0.3) is 0 Å². The number of hydrogen-bond donors (Lipinski definition) is 1. The van der Waals surface area contributed by atoms with Gasteiger partial charge < -0.3 is 15.2 Å². The molecule has 98 valence electrons. The van der Waals surface area contributed by atoms with E-state index in [2.05, 4.69) is 5.92 Å². The van der Waals surface area contributed by atoms with Crippen molar-refractivity contribution in [3.8, 4) is 36.0 Å². The van der Waals surface area contributed by atoms with Crippen LogP contribution >= 0.6 is 0 Å². The summed E-state index contributed by atoms with van der Waals surface area (Å²) in [6, 6.07) is 8.96. The Labute approximate surface area is 116 Å². The monoisotopic (exact) mass is 265 g/mol. The quantitative estimate of drug-likeness (QED) is 0.820. The molecule has 0 amide bonds. The van der Waals surface area contributed by atoms with Crippen molar-refractivity contribution in [1.29, 1.82) is 10.5 Å². The average Bonchev–Trinajstić information content (AvgIpc) is 2.48. The van der Waals surface area contributed by atoms with Crippen molar-refractivity contribution in [3.05, 3.63) is 35.2 Å². The SMILES string of the molecule is C#CC1=C(N)Oc2ccc(OC)cc2C1C(C#N)C#N. The van der Waals surface area contributed by atoms with E-state index >= 15 is 0 Å². The number of hydrogen-bond acceptors (Lipinski definition) is 5. The number of ether oxygens (including phenoxy) is 2. The number of terminal acetylenes is 1. The molecule has 0 radical (unpaired) electrons. The number of allylic oxidation sites excluding steroid dienone is 1. The van der Waals surface area contributed by atoms with E-state index in [1.807, 2.05) is 12.1 Å². The van der Waals surface area contributed by atoms with Crippen LogP contribution in [0.3, 0.4) is 0 Å². The molecular weight excluding hydrogens is 254 g/mol. The predicted octanol–water partition coefficient (Wildman–Crippen LogP) is 1.64. The molecule has 1 unspecified atom stereocenters. The van der Waals surface area contributed by atoms with Gasteiger partial charge >= 0.3 is 0 Å². The standard InChI is InChI=1S/C15H11N3O2/c1-3-11-14(9(7-16)8-17)12-6-10(19-2)4-5-13(12)20-15(11)18/h1,4-6,9,14H,18H2,2H3. The number of rotatable bonds is 2. The number of fused-ring (bicyclic) bond motifs is 1. The lowest BCUT2D eigenvalue weighted by molar-refractivity contribution is 0.377. The molecule has 0 bridgehead atoms. The van der Waals surface area contributed by atoms with E-state index in [9.17, 15) is 0 Å². The van der Waals surface area contributed by atoms with Crippen LogP contribution in [0.2, 0.25) is 0 Å². The summed E-state index contributed by atoms with van der Waals surface area (Å²) < 4.78 is 10.6. The molecule has 1 atom stereocenters. The van der Waals surface area contributed by atoms with E-state index in [1.54, 1.807) is 18.2 Å². The zero-order valence-electron chi connectivity index (χ0n) is 10.8. The molecule has 0 aromatic heterocycles. The van der Waals surface area contributed by atoms with Gasteiger partial charge in [-0.15, -0.1) is 6.42 Å². The molecular formula is C15H11N3O2. The van der Waals surface area contributed by atoms with Gasteiger partial charge in [-0.05, 0) is 18.2 Å². The Morgan fingerprint density at radius 1 is 1.40 bits per heavy atom. The molecule has 0 saturated heterocycles. The molecule has 5 nitrogen and oxygen atoms in total.